The minimum atomic E-state index is -0.271. The molecule has 0 aliphatic heterocycles. The fourth-order valence-corrected chi connectivity index (χ4v) is 3.07. The number of thiocarbonyl (C=S) groups is 2. The Morgan fingerprint density at radius 3 is 1.93 bits per heavy atom. The Hall–Kier alpha value is -2.11. The molecular weight excluding hydrogens is 495 g/mol. The molecule has 2 aromatic rings. The van der Waals surface area contributed by atoms with Crippen LogP contribution < -0.4 is 21.3 Å². The van der Waals surface area contributed by atoms with Gasteiger partial charge in [0.25, 0.3) is 5.91 Å². The van der Waals surface area contributed by atoms with Crippen molar-refractivity contribution in [2.75, 3.05) is 10.6 Å². The third-order valence-electron chi connectivity index (χ3n) is 3.32. The van der Waals surface area contributed by atoms with Gasteiger partial charge in [0, 0.05) is 21.4 Å². The van der Waals surface area contributed by atoms with Gasteiger partial charge in [-0.2, -0.15) is 0 Å². The van der Waals surface area contributed by atoms with Gasteiger partial charge < -0.3 is 16.0 Å². The monoisotopic (exact) mass is 512 g/mol. The van der Waals surface area contributed by atoms with E-state index in [-0.39, 0.29) is 22.0 Å². The fourth-order valence-electron chi connectivity index (χ4n) is 1.99. The van der Waals surface area contributed by atoms with Crippen molar-refractivity contribution in [3.63, 3.8) is 0 Å². The maximum Gasteiger partial charge on any atom is 0.258 e. The van der Waals surface area contributed by atoms with E-state index in [9.17, 15) is 9.59 Å². The summed E-state index contributed by atoms with van der Waals surface area (Å²) in [7, 11) is 0. The van der Waals surface area contributed by atoms with Gasteiger partial charge in [-0.1, -0.05) is 19.1 Å². The van der Waals surface area contributed by atoms with Crippen LogP contribution in [0.25, 0.3) is 0 Å². The van der Waals surface area contributed by atoms with Crippen molar-refractivity contribution in [3.8, 4) is 0 Å². The van der Waals surface area contributed by atoms with Gasteiger partial charge >= 0.3 is 0 Å². The van der Waals surface area contributed by atoms with Crippen molar-refractivity contribution < 1.29 is 9.59 Å². The lowest BCUT2D eigenvalue weighted by Crippen LogP contribution is -2.34. The zero-order valence-corrected chi connectivity index (χ0v) is 18.1. The summed E-state index contributed by atoms with van der Waals surface area (Å²) in [5.41, 5.74) is 1.98. The standard InChI is InChI=1S/C18H17IN4O2S2/c1-2-15(24)22-17(26)20-11-7-9-12(10-8-11)21-18(27)23-16(25)13-5-3-4-6-14(13)19/h3-10H,2H2,1H3,(H2,20,22,24,26)(H2,21,23,25,27). The highest BCUT2D eigenvalue weighted by Crippen LogP contribution is 2.14. The highest BCUT2D eigenvalue weighted by Gasteiger charge is 2.11. The lowest BCUT2D eigenvalue weighted by atomic mass is 10.2. The predicted molar refractivity (Wildman–Crippen MR) is 124 cm³/mol. The number of rotatable bonds is 4. The number of benzene rings is 2. The number of carbonyl (C=O) groups excluding carboxylic acids is 2. The molecule has 0 radical (unpaired) electrons. The molecule has 2 amide bonds. The van der Waals surface area contributed by atoms with E-state index in [2.05, 4.69) is 43.9 Å². The molecule has 4 N–H and O–H groups in total. The molecule has 0 aliphatic rings. The number of nitrogens with one attached hydrogen (secondary N) is 4. The summed E-state index contributed by atoms with van der Waals surface area (Å²) in [6.45, 7) is 1.75. The summed E-state index contributed by atoms with van der Waals surface area (Å²) in [5.74, 6) is -0.423. The Labute approximate surface area is 181 Å². The molecule has 0 bridgehead atoms. The molecule has 2 aromatic carbocycles. The molecule has 0 spiro atoms. The van der Waals surface area contributed by atoms with Crippen LogP contribution in [-0.2, 0) is 4.79 Å². The molecular formula is C18H17IN4O2S2. The first kappa shape index (κ1) is 21.2. The van der Waals surface area contributed by atoms with E-state index in [4.69, 9.17) is 24.4 Å². The molecule has 0 heterocycles. The maximum absolute atomic E-state index is 12.3. The molecule has 6 nitrogen and oxygen atoms in total. The highest BCUT2D eigenvalue weighted by atomic mass is 127. The van der Waals surface area contributed by atoms with Gasteiger partial charge in [0.1, 0.15) is 0 Å². The van der Waals surface area contributed by atoms with Gasteiger partial charge in [-0.05, 0) is 83.4 Å². The fraction of sp³-hybridized carbons (Fsp3) is 0.111. The Morgan fingerprint density at radius 2 is 1.41 bits per heavy atom. The van der Waals surface area contributed by atoms with E-state index < -0.39 is 0 Å². The van der Waals surface area contributed by atoms with Crippen LogP contribution in [0, 0.1) is 3.57 Å². The normalized spacial score (nSPS) is 9.85. The number of carbonyl (C=O) groups is 2. The zero-order valence-electron chi connectivity index (χ0n) is 14.3. The quantitative estimate of drug-likeness (QED) is 0.370. The molecule has 0 unspecified atom stereocenters. The summed E-state index contributed by atoms with van der Waals surface area (Å²) in [5, 5.41) is 11.5. The van der Waals surface area contributed by atoms with Crippen LogP contribution in [0.5, 0.6) is 0 Å². The third kappa shape index (κ3) is 6.85. The minimum Gasteiger partial charge on any atom is -0.332 e. The van der Waals surface area contributed by atoms with Crippen molar-refractivity contribution in [3.05, 3.63) is 57.7 Å². The number of hydrogen-bond donors (Lipinski definition) is 4. The second kappa shape index (κ2) is 10.3. The van der Waals surface area contributed by atoms with Gasteiger partial charge in [0.2, 0.25) is 5.91 Å². The van der Waals surface area contributed by atoms with Crippen molar-refractivity contribution in [1.29, 1.82) is 0 Å². The van der Waals surface area contributed by atoms with Crippen LogP contribution in [0.3, 0.4) is 0 Å². The Morgan fingerprint density at radius 1 is 0.889 bits per heavy atom. The van der Waals surface area contributed by atoms with Crippen molar-refractivity contribution in [1.82, 2.24) is 10.6 Å². The summed E-state index contributed by atoms with van der Waals surface area (Å²) in [6, 6.07) is 14.4. The summed E-state index contributed by atoms with van der Waals surface area (Å²) in [4.78, 5) is 23.6. The van der Waals surface area contributed by atoms with E-state index in [0.717, 1.165) is 9.26 Å². The number of anilines is 2. The SMILES string of the molecule is CCC(=O)NC(=S)Nc1ccc(NC(=S)NC(=O)c2ccccc2I)cc1. The van der Waals surface area contributed by atoms with Crippen molar-refractivity contribution in [2.24, 2.45) is 0 Å². The average molecular weight is 512 g/mol. The third-order valence-corrected chi connectivity index (χ3v) is 4.67. The summed E-state index contributed by atoms with van der Waals surface area (Å²) >= 11 is 12.3. The van der Waals surface area contributed by atoms with Crippen molar-refractivity contribution in [2.45, 2.75) is 13.3 Å². The maximum atomic E-state index is 12.3. The second-order valence-electron chi connectivity index (χ2n) is 5.32. The molecule has 0 saturated carbocycles. The smallest absolute Gasteiger partial charge is 0.258 e. The van der Waals surface area contributed by atoms with Crippen LogP contribution in [-0.4, -0.2) is 22.0 Å². The van der Waals surface area contributed by atoms with Crippen LogP contribution in [0.2, 0.25) is 0 Å². The van der Waals surface area contributed by atoms with Crippen molar-refractivity contribution >= 4 is 80.4 Å². The lowest BCUT2D eigenvalue weighted by molar-refractivity contribution is -0.119. The molecule has 0 aromatic heterocycles. The Bertz CT molecular complexity index is 872. The first-order chi connectivity index (χ1) is 12.9. The minimum absolute atomic E-state index is 0.153. The van der Waals surface area contributed by atoms with Gasteiger partial charge in [-0.25, -0.2) is 0 Å². The Balaban J connectivity index is 1.89. The first-order valence-corrected chi connectivity index (χ1v) is 9.86. The number of halogens is 1. The topological polar surface area (TPSA) is 82.3 Å². The van der Waals surface area contributed by atoms with Gasteiger partial charge in [0.05, 0.1) is 5.56 Å². The average Bonchev–Trinajstić information content (AvgIpc) is 2.63. The molecule has 0 fully saturated rings. The number of hydrogen-bond acceptors (Lipinski definition) is 4. The van der Waals surface area contributed by atoms with E-state index in [1.54, 1.807) is 43.3 Å². The van der Waals surface area contributed by atoms with Gasteiger partial charge in [0.15, 0.2) is 10.2 Å². The van der Waals surface area contributed by atoms with E-state index in [1.165, 1.54) is 0 Å². The van der Waals surface area contributed by atoms with Crippen LogP contribution in [0.1, 0.15) is 23.7 Å². The van der Waals surface area contributed by atoms with Crippen LogP contribution in [0.15, 0.2) is 48.5 Å². The first-order valence-electron chi connectivity index (χ1n) is 7.96. The molecule has 0 aliphatic carbocycles. The molecule has 2 rings (SSSR count). The van der Waals surface area contributed by atoms with Gasteiger partial charge in [-0.3, -0.25) is 14.9 Å². The summed E-state index contributed by atoms with van der Waals surface area (Å²) in [6.07, 6.45) is 0.357. The molecule has 0 atom stereocenters. The van der Waals surface area contributed by atoms with Gasteiger partial charge in [-0.15, -0.1) is 0 Å². The molecule has 0 saturated heterocycles. The van der Waals surface area contributed by atoms with Crippen LogP contribution in [0.4, 0.5) is 11.4 Å². The largest absolute Gasteiger partial charge is 0.332 e. The summed E-state index contributed by atoms with van der Waals surface area (Å²) < 4.78 is 0.844. The second-order valence-corrected chi connectivity index (χ2v) is 7.30. The molecule has 27 heavy (non-hydrogen) atoms. The van der Waals surface area contributed by atoms with Crippen LogP contribution >= 0.6 is 47.0 Å². The molecule has 140 valence electrons. The molecule has 9 heteroatoms. The lowest BCUT2D eigenvalue weighted by Gasteiger charge is -2.12. The zero-order chi connectivity index (χ0) is 19.8. The van der Waals surface area contributed by atoms with E-state index in [1.807, 2.05) is 12.1 Å². The predicted octanol–water partition coefficient (Wildman–Crippen LogP) is 3.64. The highest BCUT2D eigenvalue weighted by molar-refractivity contribution is 14.1. The number of amides is 2. The van der Waals surface area contributed by atoms with E-state index >= 15 is 0 Å². The Kier molecular flexibility index (Phi) is 8.07. The van der Waals surface area contributed by atoms with E-state index in [0.29, 0.717) is 17.7 Å².